The predicted molar refractivity (Wildman–Crippen MR) is 119 cm³/mol. The molecule has 162 valence electrons. The van der Waals surface area contributed by atoms with Gasteiger partial charge in [-0.2, -0.15) is 0 Å². The van der Waals surface area contributed by atoms with Gasteiger partial charge in [-0.25, -0.2) is 9.78 Å². The predicted octanol–water partition coefficient (Wildman–Crippen LogP) is 5.70. The molecule has 2 aliphatic carbocycles. The van der Waals surface area contributed by atoms with Crippen molar-refractivity contribution < 1.29 is 14.7 Å². The lowest BCUT2D eigenvalue weighted by Crippen LogP contribution is -2.49. The molecule has 8 heteroatoms. The molecule has 0 atom stereocenters. The minimum Gasteiger partial charge on any atom is -0.481 e. The molecule has 2 N–H and O–H groups in total. The zero-order valence-electron chi connectivity index (χ0n) is 17.4. The molecule has 1 aromatic heterocycles. The van der Waals surface area contributed by atoms with Crippen molar-refractivity contribution in [3.8, 4) is 0 Å². The summed E-state index contributed by atoms with van der Waals surface area (Å²) < 4.78 is 0.936. The highest BCUT2D eigenvalue weighted by molar-refractivity contribution is 8.01. The van der Waals surface area contributed by atoms with Crippen molar-refractivity contribution in [1.29, 1.82) is 0 Å². The van der Waals surface area contributed by atoms with Gasteiger partial charge in [0.1, 0.15) is 0 Å². The van der Waals surface area contributed by atoms with Gasteiger partial charge in [0.05, 0.1) is 16.8 Å². The van der Waals surface area contributed by atoms with Gasteiger partial charge in [-0.15, -0.1) is 11.8 Å². The first kappa shape index (κ1) is 22.4. The Bertz CT molecular complexity index is 680. The summed E-state index contributed by atoms with van der Waals surface area (Å²) >= 11 is 2.90. The molecule has 6 nitrogen and oxygen atoms in total. The van der Waals surface area contributed by atoms with Crippen molar-refractivity contribution in [2.45, 2.75) is 87.9 Å². The number of thiazole rings is 1. The van der Waals surface area contributed by atoms with Gasteiger partial charge in [0, 0.05) is 17.8 Å². The smallest absolute Gasteiger partial charge is 0.324 e. The van der Waals surface area contributed by atoms with Crippen LogP contribution in [-0.2, 0) is 4.79 Å². The normalized spacial score (nSPS) is 22.7. The number of aromatic nitrogens is 1. The van der Waals surface area contributed by atoms with E-state index in [1.54, 1.807) is 6.20 Å². The molecule has 0 spiro atoms. The van der Waals surface area contributed by atoms with E-state index in [2.05, 4.69) is 29.0 Å². The number of carbonyl (C=O) groups is 2. The van der Waals surface area contributed by atoms with Crippen molar-refractivity contribution in [2.75, 3.05) is 11.1 Å². The van der Waals surface area contributed by atoms with Crippen LogP contribution in [0.2, 0.25) is 0 Å². The van der Waals surface area contributed by atoms with E-state index in [1.165, 1.54) is 48.8 Å². The summed E-state index contributed by atoms with van der Waals surface area (Å²) in [4.78, 5) is 30.4. The number of urea groups is 1. The SMILES string of the molecule is CC(C)[C@H]1CC[C@H](N(C(=O)Nc2ncc(SCCC(=O)O)s2)C2CCCC2)CC1. The lowest BCUT2D eigenvalue weighted by molar-refractivity contribution is -0.136. The molecular formula is C21H33N3O3S2. The van der Waals surface area contributed by atoms with Crippen LogP contribution in [0, 0.1) is 11.8 Å². The summed E-state index contributed by atoms with van der Waals surface area (Å²) in [7, 11) is 0. The number of carboxylic acids is 1. The number of nitrogens with one attached hydrogen (secondary N) is 1. The van der Waals surface area contributed by atoms with E-state index >= 15 is 0 Å². The second-order valence-corrected chi connectivity index (χ2v) is 11.0. The summed E-state index contributed by atoms with van der Waals surface area (Å²) in [6, 6.07) is 0.666. The zero-order valence-corrected chi connectivity index (χ0v) is 19.1. The third-order valence-corrected chi connectivity index (χ3v) is 8.40. The quantitative estimate of drug-likeness (QED) is 0.508. The minimum atomic E-state index is -0.796. The first-order chi connectivity index (χ1) is 13.9. The summed E-state index contributed by atoms with van der Waals surface area (Å²) in [6.45, 7) is 4.61. The standard InChI is InChI=1S/C21H33N3O3S2/c1-14(2)15-7-9-17(10-8-15)24(16-5-3-4-6-16)21(27)23-20-22-13-19(29-20)28-12-11-18(25)26/h13-17H,3-12H2,1-2H3,(H,25,26)(H,22,23,27)/t15-,17-. The molecule has 0 unspecified atom stereocenters. The summed E-state index contributed by atoms with van der Waals surface area (Å²) in [5, 5.41) is 12.4. The van der Waals surface area contributed by atoms with Gasteiger partial charge < -0.3 is 10.0 Å². The summed E-state index contributed by atoms with van der Waals surface area (Å²) in [5.74, 6) is 1.22. The van der Waals surface area contributed by atoms with Gasteiger partial charge in [0.15, 0.2) is 5.13 Å². The van der Waals surface area contributed by atoms with E-state index in [-0.39, 0.29) is 12.5 Å². The highest BCUT2D eigenvalue weighted by atomic mass is 32.2. The second kappa shape index (κ2) is 10.7. The van der Waals surface area contributed by atoms with Crippen LogP contribution in [0.15, 0.2) is 10.4 Å². The van der Waals surface area contributed by atoms with Crippen LogP contribution >= 0.6 is 23.1 Å². The average Bonchev–Trinajstić information content (AvgIpc) is 3.35. The van der Waals surface area contributed by atoms with Gasteiger partial charge in [-0.1, -0.05) is 38.0 Å². The van der Waals surface area contributed by atoms with E-state index in [4.69, 9.17) is 5.11 Å². The van der Waals surface area contributed by atoms with Crippen molar-refractivity contribution >= 4 is 40.2 Å². The minimum absolute atomic E-state index is 0.0127. The Morgan fingerprint density at radius 1 is 1.21 bits per heavy atom. The Balaban J connectivity index is 1.60. The highest BCUT2D eigenvalue weighted by Crippen LogP contribution is 2.36. The molecule has 0 bridgehead atoms. The molecule has 3 rings (SSSR count). The fraction of sp³-hybridized carbons (Fsp3) is 0.762. The molecule has 2 fully saturated rings. The van der Waals surface area contributed by atoms with Crippen LogP contribution in [0.5, 0.6) is 0 Å². The lowest BCUT2D eigenvalue weighted by atomic mass is 9.79. The monoisotopic (exact) mass is 439 g/mol. The number of thioether (sulfide) groups is 1. The van der Waals surface area contributed by atoms with E-state index in [0.717, 1.165) is 41.7 Å². The molecule has 2 aliphatic rings. The first-order valence-corrected chi connectivity index (χ1v) is 12.6. The number of amides is 2. The number of hydrogen-bond acceptors (Lipinski definition) is 5. The molecule has 29 heavy (non-hydrogen) atoms. The number of nitrogens with zero attached hydrogens (tertiary/aromatic N) is 2. The van der Waals surface area contributed by atoms with Crippen LogP contribution in [0.4, 0.5) is 9.93 Å². The Kier molecular flexibility index (Phi) is 8.24. The van der Waals surface area contributed by atoms with Crippen molar-refractivity contribution in [3.05, 3.63) is 6.20 Å². The molecule has 2 amide bonds. The van der Waals surface area contributed by atoms with Crippen LogP contribution < -0.4 is 5.32 Å². The summed E-state index contributed by atoms with van der Waals surface area (Å²) in [6.07, 6.45) is 11.1. The largest absolute Gasteiger partial charge is 0.481 e. The van der Waals surface area contributed by atoms with E-state index < -0.39 is 5.97 Å². The molecule has 0 aliphatic heterocycles. The lowest BCUT2D eigenvalue weighted by Gasteiger charge is -2.41. The Morgan fingerprint density at radius 2 is 1.86 bits per heavy atom. The van der Waals surface area contributed by atoms with E-state index in [1.807, 2.05) is 0 Å². The molecule has 1 heterocycles. The number of carboxylic acid groups (broad SMARTS) is 1. The van der Waals surface area contributed by atoms with Crippen LogP contribution in [-0.4, -0.2) is 44.8 Å². The summed E-state index contributed by atoms with van der Waals surface area (Å²) in [5.41, 5.74) is 0. The van der Waals surface area contributed by atoms with Crippen LogP contribution in [0.1, 0.15) is 71.6 Å². The number of rotatable bonds is 8. The fourth-order valence-corrected chi connectivity index (χ4v) is 6.50. The molecule has 0 radical (unpaired) electrons. The van der Waals surface area contributed by atoms with Gasteiger partial charge in [-0.05, 0) is 50.4 Å². The Morgan fingerprint density at radius 3 is 2.48 bits per heavy atom. The second-order valence-electron chi connectivity index (χ2n) is 8.56. The Labute approximate surface area is 181 Å². The number of carbonyl (C=O) groups excluding carboxylic acids is 1. The van der Waals surface area contributed by atoms with Crippen LogP contribution in [0.25, 0.3) is 0 Å². The van der Waals surface area contributed by atoms with E-state index in [0.29, 0.717) is 23.0 Å². The Hall–Kier alpha value is -1.28. The molecule has 2 saturated carbocycles. The van der Waals surface area contributed by atoms with Gasteiger partial charge in [0.2, 0.25) is 0 Å². The zero-order chi connectivity index (χ0) is 20.8. The first-order valence-electron chi connectivity index (χ1n) is 10.8. The number of anilines is 1. The molecular weight excluding hydrogens is 406 g/mol. The third-order valence-electron chi connectivity index (χ3n) is 6.29. The molecule has 0 saturated heterocycles. The maximum atomic E-state index is 13.2. The number of aliphatic carboxylic acids is 1. The van der Waals surface area contributed by atoms with Gasteiger partial charge >= 0.3 is 12.0 Å². The maximum absolute atomic E-state index is 13.2. The van der Waals surface area contributed by atoms with Crippen molar-refractivity contribution in [1.82, 2.24) is 9.88 Å². The average molecular weight is 440 g/mol. The molecule has 1 aromatic rings. The highest BCUT2D eigenvalue weighted by Gasteiger charge is 2.35. The van der Waals surface area contributed by atoms with Gasteiger partial charge in [-0.3, -0.25) is 10.1 Å². The third kappa shape index (κ3) is 6.35. The number of hydrogen-bond donors (Lipinski definition) is 2. The maximum Gasteiger partial charge on any atom is 0.324 e. The topological polar surface area (TPSA) is 82.5 Å². The van der Waals surface area contributed by atoms with Crippen LogP contribution in [0.3, 0.4) is 0 Å². The van der Waals surface area contributed by atoms with Crippen molar-refractivity contribution in [2.24, 2.45) is 11.8 Å². The molecule has 0 aromatic carbocycles. The fourth-order valence-electron chi connectivity index (χ4n) is 4.64. The van der Waals surface area contributed by atoms with Gasteiger partial charge in [0.25, 0.3) is 0 Å². The van der Waals surface area contributed by atoms with Crippen molar-refractivity contribution in [3.63, 3.8) is 0 Å². The van der Waals surface area contributed by atoms with E-state index in [9.17, 15) is 9.59 Å².